The first-order valence-electron chi connectivity index (χ1n) is 7.88. The SMILES string of the molecule is C#CCN1CCN(C(=O)CN(CCO)Cc2cccnc2)CC1. The van der Waals surface area contributed by atoms with Crippen molar-refractivity contribution in [2.24, 2.45) is 0 Å². The molecule has 23 heavy (non-hydrogen) atoms. The molecule has 0 aromatic carbocycles. The largest absolute Gasteiger partial charge is 0.395 e. The Morgan fingerprint density at radius 3 is 2.78 bits per heavy atom. The number of hydrogen-bond donors (Lipinski definition) is 1. The van der Waals surface area contributed by atoms with E-state index >= 15 is 0 Å². The van der Waals surface area contributed by atoms with Crippen molar-refractivity contribution in [2.45, 2.75) is 6.54 Å². The molecular weight excluding hydrogens is 292 g/mol. The van der Waals surface area contributed by atoms with Gasteiger partial charge in [0.05, 0.1) is 19.7 Å². The van der Waals surface area contributed by atoms with Gasteiger partial charge in [-0.15, -0.1) is 6.42 Å². The average Bonchev–Trinajstić information content (AvgIpc) is 2.57. The number of nitrogens with zero attached hydrogens (tertiary/aromatic N) is 4. The van der Waals surface area contributed by atoms with Crippen LogP contribution in [0, 0.1) is 12.3 Å². The molecular formula is C17H24N4O2. The first-order valence-corrected chi connectivity index (χ1v) is 7.88. The van der Waals surface area contributed by atoms with Gasteiger partial charge in [0.1, 0.15) is 0 Å². The number of aromatic nitrogens is 1. The third-order valence-corrected chi connectivity index (χ3v) is 3.94. The lowest BCUT2D eigenvalue weighted by Crippen LogP contribution is -2.51. The Bertz CT molecular complexity index is 521. The third kappa shape index (κ3) is 5.64. The summed E-state index contributed by atoms with van der Waals surface area (Å²) in [6, 6.07) is 3.85. The van der Waals surface area contributed by atoms with Gasteiger partial charge in [-0.3, -0.25) is 19.6 Å². The van der Waals surface area contributed by atoms with E-state index < -0.39 is 0 Å². The minimum absolute atomic E-state index is 0.0312. The van der Waals surface area contributed by atoms with Gasteiger partial charge in [0.25, 0.3) is 0 Å². The van der Waals surface area contributed by atoms with Gasteiger partial charge in [0, 0.05) is 51.7 Å². The predicted molar refractivity (Wildman–Crippen MR) is 88.5 cm³/mol. The average molecular weight is 316 g/mol. The van der Waals surface area contributed by atoms with Crippen LogP contribution in [0.5, 0.6) is 0 Å². The first kappa shape index (κ1) is 17.4. The van der Waals surface area contributed by atoms with E-state index in [9.17, 15) is 9.90 Å². The minimum Gasteiger partial charge on any atom is -0.395 e. The summed E-state index contributed by atoms with van der Waals surface area (Å²) in [6.45, 7) is 5.11. The number of terminal acetylenes is 1. The molecule has 1 aromatic heterocycles. The van der Waals surface area contributed by atoms with Crippen LogP contribution in [-0.4, -0.2) is 83.1 Å². The van der Waals surface area contributed by atoms with Gasteiger partial charge in [-0.1, -0.05) is 12.0 Å². The lowest BCUT2D eigenvalue weighted by atomic mass is 10.2. The second-order valence-electron chi connectivity index (χ2n) is 5.66. The number of hydrogen-bond acceptors (Lipinski definition) is 5. The molecule has 0 spiro atoms. The summed E-state index contributed by atoms with van der Waals surface area (Å²) < 4.78 is 0. The van der Waals surface area contributed by atoms with Crippen LogP contribution in [0.25, 0.3) is 0 Å². The molecule has 1 saturated heterocycles. The van der Waals surface area contributed by atoms with Crippen LogP contribution >= 0.6 is 0 Å². The number of carbonyl (C=O) groups excluding carboxylic acids is 1. The van der Waals surface area contributed by atoms with Crippen LogP contribution in [0.1, 0.15) is 5.56 Å². The topological polar surface area (TPSA) is 59.9 Å². The highest BCUT2D eigenvalue weighted by molar-refractivity contribution is 5.78. The molecule has 0 aliphatic carbocycles. The van der Waals surface area contributed by atoms with E-state index in [2.05, 4.69) is 15.8 Å². The van der Waals surface area contributed by atoms with Crippen molar-refractivity contribution in [3.63, 3.8) is 0 Å². The van der Waals surface area contributed by atoms with Gasteiger partial charge in [0.15, 0.2) is 0 Å². The smallest absolute Gasteiger partial charge is 0.236 e. The fourth-order valence-corrected chi connectivity index (χ4v) is 2.68. The highest BCUT2D eigenvalue weighted by Crippen LogP contribution is 2.06. The molecule has 0 bridgehead atoms. The first-order chi connectivity index (χ1) is 11.2. The fraction of sp³-hybridized carbons (Fsp3) is 0.529. The molecule has 1 N–H and O–H groups in total. The monoisotopic (exact) mass is 316 g/mol. The summed E-state index contributed by atoms with van der Waals surface area (Å²) in [5.74, 6) is 2.74. The molecule has 1 aromatic rings. The van der Waals surface area contributed by atoms with Crippen molar-refractivity contribution in [3.8, 4) is 12.3 Å². The number of aliphatic hydroxyl groups is 1. The minimum atomic E-state index is 0.0312. The predicted octanol–water partition coefficient (Wildman–Crippen LogP) is -0.347. The van der Waals surface area contributed by atoms with Crippen molar-refractivity contribution in [2.75, 3.05) is 52.4 Å². The Hall–Kier alpha value is -1.94. The zero-order valence-corrected chi connectivity index (χ0v) is 13.4. The summed E-state index contributed by atoms with van der Waals surface area (Å²) >= 11 is 0. The number of pyridine rings is 1. The summed E-state index contributed by atoms with van der Waals surface area (Å²) in [4.78, 5) is 22.6. The van der Waals surface area contributed by atoms with E-state index in [0.717, 1.165) is 18.7 Å². The molecule has 1 aliphatic rings. The maximum atomic E-state index is 12.5. The Morgan fingerprint density at radius 2 is 2.17 bits per heavy atom. The van der Waals surface area contributed by atoms with Gasteiger partial charge in [-0.2, -0.15) is 0 Å². The summed E-state index contributed by atoms with van der Waals surface area (Å²) in [6.07, 6.45) is 8.83. The quantitative estimate of drug-likeness (QED) is 0.697. The highest BCUT2D eigenvalue weighted by Gasteiger charge is 2.22. The second-order valence-corrected chi connectivity index (χ2v) is 5.66. The van der Waals surface area contributed by atoms with Crippen molar-refractivity contribution < 1.29 is 9.90 Å². The number of carbonyl (C=O) groups is 1. The fourth-order valence-electron chi connectivity index (χ4n) is 2.68. The molecule has 124 valence electrons. The van der Waals surface area contributed by atoms with E-state index in [1.807, 2.05) is 21.9 Å². The third-order valence-electron chi connectivity index (χ3n) is 3.94. The molecule has 1 aliphatic heterocycles. The zero-order valence-electron chi connectivity index (χ0n) is 13.4. The molecule has 0 unspecified atom stereocenters. The van der Waals surface area contributed by atoms with Gasteiger partial charge in [-0.05, 0) is 11.6 Å². The Balaban J connectivity index is 1.85. The normalized spacial score (nSPS) is 15.6. The lowest BCUT2D eigenvalue weighted by molar-refractivity contribution is -0.134. The molecule has 2 heterocycles. The Morgan fingerprint density at radius 1 is 1.39 bits per heavy atom. The number of rotatable bonds is 7. The summed E-state index contributed by atoms with van der Waals surface area (Å²) in [5, 5.41) is 9.22. The lowest BCUT2D eigenvalue weighted by Gasteiger charge is -2.35. The maximum absolute atomic E-state index is 12.5. The van der Waals surface area contributed by atoms with Crippen molar-refractivity contribution in [1.82, 2.24) is 19.7 Å². The van der Waals surface area contributed by atoms with Crippen LogP contribution in [0.3, 0.4) is 0 Å². The molecule has 6 heteroatoms. The molecule has 1 amide bonds. The molecule has 1 fully saturated rings. The van der Waals surface area contributed by atoms with Gasteiger partial charge in [0.2, 0.25) is 5.91 Å². The van der Waals surface area contributed by atoms with E-state index in [1.54, 1.807) is 12.4 Å². The number of aliphatic hydroxyl groups excluding tert-OH is 1. The van der Waals surface area contributed by atoms with E-state index in [1.165, 1.54) is 0 Å². The Kier molecular flexibility index (Phi) is 7.01. The van der Waals surface area contributed by atoms with Crippen molar-refractivity contribution >= 4 is 5.91 Å². The number of piperazine rings is 1. The molecule has 0 saturated carbocycles. The highest BCUT2D eigenvalue weighted by atomic mass is 16.3. The molecule has 0 atom stereocenters. The standard InChI is InChI=1S/C17H24N4O2/c1-2-6-19-7-9-21(10-8-19)17(23)15-20(11-12-22)14-16-4-3-5-18-13-16/h1,3-5,13,22H,6-12,14-15H2. The van der Waals surface area contributed by atoms with Crippen molar-refractivity contribution in [3.05, 3.63) is 30.1 Å². The van der Waals surface area contributed by atoms with Crippen LogP contribution in [-0.2, 0) is 11.3 Å². The van der Waals surface area contributed by atoms with Crippen LogP contribution in [0.2, 0.25) is 0 Å². The molecule has 6 nitrogen and oxygen atoms in total. The van der Waals surface area contributed by atoms with Crippen LogP contribution in [0.15, 0.2) is 24.5 Å². The zero-order chi connectivity index (χ0) is 16.5. The molecule has 2 rings (SSSR count). The van der Waals surface area contributed by atoms with Gasteiger partial charge in [-0.25, -0.2) is 0 Å². The van der Waals surface area contributed by atoms with E-state index in [4.69, 9.17) is 6.42 Å². The Labute approximate surface area is 137 Å². The van der Waals surface area contributed by atoms with Gasteiger partial charge < -0.3 is 10.0 Å². The van der Waals surface area contributed by atoms with Crippen molar-refractivity contribution in [1.29, 1.82) is 0 Å². The summed E-state index contributed by atoms with van der Waals surface area (Å²) in [7, 11) is 0. The van der Waals surface area contributed by atoms with E-state index in [-0.39, 0.29) is 12.5 Å². The second kappa shape index (κ2) is 9.26. The molecule has 0 radical (unpaired) electrons. The maximum Gasteiger partial charge on any atom is 0.236 e. The summed E-state index contributed by atoms with van der Waals surface area (Å²) in [5.41, 5.74) is 1.03. The van der Waals surface area contributed by atoms with Crippen LogP contribution < -0.4 is 0 Å². The number of amides is 1. The van der Waals surface area contributed by atoms with Crippen LogP contribution in [0.4, 0.5) is 0 Å². The van der Waals surface area contributed by atoms with E-state index in [0.29, 0.717) is 39.3 Å². The van der Waals surface area contributed by atoms with Gasteiger partial charge >= 0.3 is 0 Å².